The van der Waals surface area contributed by atoms with Crippen LogP contribution in [-0.4, -0.2) is 49.4 Å². The summed E-state index contributed by atoms with van der Waals surface area (Å²) in [5, 5.41) is 11.9. The highest BCUT2D eigenvalue weighted by Gasteiger charge is 2.21. The number of nitrogens with zero attached hydrogens (tertiary/aromatic N) is 1. The molecule has 8 heteroatoms. The third-order valence-electron chi connectivity index (χ3n) is 2.91. The molecule has 1 aliphatic heterocycles. The molecule has 1 saturated heterocycles. The van der Waals surface area contributed by atoms with Crippen LogP contribution in [0.2, 0.25) is 0 Å². The standard InChI is InChI=1S/C12H16N2O4S2/c13-12(14-15)9-2-1-3-11(6-9)20(16,17)5-4-19-10-7-18-8-10/h1-3,6,10,15H,4-5,7-8H2,(H2,13,14). The summed E-state index contributed by atoms with van der Waals surface area (Å²) in [5.74, 6) is 0.487. The third kappa shape index (κ3) is 3.65. The minimum absolute atomic E-state index is 0.0633. The van der Waals surface area contributed by atoms with Gasteiger partial charge in [0.15, 0.2) is 15.7 Å². The molecule has 0 saturated carbocycles. The van der Waals surface area contributed by atoms with Gasteiger partial charge in [0.25, 0.3) is 0 Å². The monoisotopic (exact) mass is 316 g/mol. The summed E-state index contributed by atoms with van der Waals surface area (Å²) < 4.78 is 29.4. The number of ether oxygens (including phenoxy) is 1. The van der Waals surface area contributed by atoms with E-state index >= 15 is 0 Å². The maximum absolute atomic E-state index is 12.2. The lowest BCUT2D eigenvalue weighted by Crippen LogP contribution is -2.31. The summed E-state index contributed by atoms with van der Waals surface area (Å²) >= 11 is 1.61. The highest BCUT2D eigenvalue weighted by atomic mass is 32.2. The molecule has 0 unspecified atom stereocenters. The molecule has 0 amide bonds. The summed E-state index contributed by atoms with van der Waals surface area (Å²) in [6.07, 6.45) is 0. The molecule has 1 heterocycles. The van der Waals surface area contributed by atoms with Crippen LogP contribution in [0.3, 0.4) is 0 Å². The van der Waals surface area contributed by atoms with Gasteiger partial charge < -0.3 is 15.7 Å². The van der Waals surface area contributed by atoms with E-state index < -0.39 is 9.84 Å². The van der Waals surface area contributed by atoms with Gasteiger partial charge >= 0.3 is 0 Å². The van der Waals surface area contributed by atoms with Crippen LogP contribution in [0.15, 0.2) is 34.3 Å². The van der Waals surface area contributed by atoms with E-state index in [0.717, 1.165) is 0 Å². The van der Waals surface area contributed by atoms with Crippen molar-refractivity contribution in [1.29, 1.82) is 0 Å². The maximum atomic E-state index is 12.2. The Morgan fingerprint density at radius 1 is 1.50 bits per heavy atom. The summed E-state index contributed by atoms with van der Waals surface area (Å²) in [5.41, 5.74) is 5.84. The van der Waals surface area contributed by atoms with E-state index in [0.29, 0.717) is 29.8 Å². The van der Waals surface area contributed by atoms with Gasteiger partial charge in [0.1, 0.15) is 0 Å². The first-order chi connectivity index (χ1) is 9.53. The quantitative estimate of drug-likeness (QED) is 0.346. The Balaban J connectivity index is 2.04. The molecule has 1 aromatic rings. The number of benzene rings is 1. The average Bonchev–Trinajstić information content (AvgIpc) is 2.41. The smallest absolute Gasteiger partial charge is 0.179 e. The number of nitrogens with two attached hydrogens (primary N) is 1. The fourth-order valence-electron chi connectivity index (χ4n) is 1.66. The van der Waals surface area contributed by atoms with Crippen molar-refractivity contribution in [3.8, 4) is 0 Å². The zero-order chi connectivity index (χ0) is 14.6. The molecule has 0 radical (unpaired) electrons. The fraction of sp³-hybridized carbons (Fsp3) is 0.417. The Bertz CT molecular complexity index is 597. The van der Waals surface area contributed by atoms with E-state index in [2.05, 4.69) is 5.16 Å². The third-order valence-corrected chi connectivity index (χ3v) is 6.07. The molecule has 110 valence electrons. The van der Waals surface area contributed by atoms with Crippen molar-refractivity contribution in [3.63, 3.8) is 0 Å². The lowest BCUT2D eigenvalue weighted by Gasteiger charge is -2.25. The van der Waals surface area contributed by atoms with Gasteiger partial charge in [-0.1, -0.05) is 17.3 Å². The minimum atomic E-state index is -3.36. The summed E-state index contributed by atoms with van der Waals surface area (Å²) in [6.45, 7) is 1.40. The van der Waals surface area contributed by atoms with Crippen molar-refractivity contribution in [3.05, 3.63) is 29.8 Å². The van der Waals surface area contributed by atoms with Gasteiger partial charge in [0.05, 0.1) is 29.1 Å². The van der Waals surface area contributed by atoms with Gasteiger partial charge in [0, 0.05) is 11.3 Å². The second kappa shape index (κ2) is 6.47. The number of amidine groups is 1. The number of sulfone groups is 1. The number of rotatable bonds is 6. The average molecular weight is 316 g/mol. The van der Waals surface area contributed by atoms with Crippen molar-refractivity contribution in [2.24, 2.45) is 10.9 Å². The zero-order valence-electron chi connectivity index (χ0n) is 10.7. The molecule has 0 atom stereocenters. The van der Waals surface area contributed by atoms with Crippen LogP contribution >= 0.6 is 11.8 Å². The normalized spacial score (nSPS) is 16.9. The number of hydrogen-bond acceptors (Lipinski definition) is 6. The predicted octanol–water partition coefficient (Wildman–Crippen LogP) is 0.687. The molecule has 1 aromatic carbocycles. The number of oxime groups is 1. The van der Waals surface area contributed by atoms with Crippen LogP contribution in [0.1, 0.15) is 5.56 Å². The van der Waals surface area contributed by atoms with Crippen molar-refractivity contribution >= 4 is 27.4 Å². The van der Waals surface area contributed by atoms with Crippen LogP contribution in [0.4, 0.5) is 0 Å². The Labute approximate surface area is 121 Å². The van der Waals surface area contributed by atoms with Gasteiger partial charge in [0.2, 0.25) is 0 Å². The number of hydrogen-bond donors (Lipinski definition) is 2. The summed E-state index contributed by atoms with van der Waals surface area (Å²) in [6, 6.07) is 6.10. The van der Waals surface area contributed by atoms with Crippen LogP contribution in [0, 0.1) is 0 Å². The van der Waals surface area contributed by atoms with Crippen molar-refractivity contribution in [1.82, 2.24) is 0 Å². The van der Waals surface area contributed by atoms with Crippen molar-refractivity contribution < 1.29 is 18.4 Å². The Kier molecular flexibility index (Phi) is 4.90. The fourth-order valence-corrected chi connectivity index (χ4v) is 4.47. The van der Waals surface area contributed by atoms with Crippen molar-refractivity contribution in [2.45, 2.75) is 10.1 Å². The predicted molar refractivity (Wildman–Crippen MR) is 78.1 cm³/mol. The Morgan fingerprint density at radius 3 is 2.85 bits per heavy atom. The first-order valence-electron chi connectivity index (χ1n) is 6.03. The van der Waals surface area contributed by atoms with E-state index in [1.165, 1.54) is 12.1 Å². The van der Waals surface area contributed by atoms with E-state index in [4.69, 9.17) is 15.7 Å². The first-order valence-corrected chi connectivity index (χ1v) is 8.73. The van der Waals surface area contributed by atoms with Gasteiger partial charge in [-0.3, -0.25) is 0 Å². The van der Waals surface area contributed by atoms with Crippen molar-refractivity contribution in [2.75, 3.05) is 24.7 Å². The van der Waals surface area contributed by atoms with Crippen LogP contribution in [0.5, 0.6) is 0 Å². The molecule has 1 aliphatic rings. The minimum Gasteiger partial charge on any atom is -0.409 e. The van der Waals surface area contributed by atoms with Gasteiger partial charge in [-0.15, -0.1) is 0 Å². The highest BCUT2D eigenvalue weighted by Crippen LogP contribution is 2.21. The van der Waals surface area contributed by atoms with E-state index in [1.807, 2.05) is 0 Å². The zero-order valence-corrected chi connectivity index (χ0v) is 12.4. The van der Waals surface area contributed by atoms with Gasteiger partial charge in [-0.2, -0.15) is 11.8 Å². The molecule has 20 heavy (non-hydrogen) atoms. The SMILES string of the molecule is N/C(=N/O)c1cccc(S(=O)(=O)CCSC2COC2)c1. The highest BCUT2D eigenvalue weighted by molar-refractivity contribution is 8.01. The largest absolute Gasteiger partial charge is 0.409 e. The lowest BCUT2D eigenvalue weighted by atomic mass is 10.2. The van der Waals surface area contributed by atoms with Gasteiger partial charge in [-0.05, 0) is 12.1 Å². The molecule has 0 aromatic heterocycles. The van der Waals surface area contributed by atoms with E-state index in [-0.39, 0.29) is 16.5 Å². The summed E-state index contributed by atoms with van der Waals surface area (Å²) in [7, 11) is -3.36. The van der Waals surface area contributed by atoms with Gasteiger partial charge in [-0.25, -0.2) is 8.42 Å². The molecule has 0 bridgehead atoms. The van der Waals surface area contributed by atoms with E-state index in [1.54, 1.807) is 23.9 Å². The maximum Gasteiger partial charge on any atom is 0.179 e. The summed E-state index contributed by atoms with van der Waals surface area (Å²) in [4.78, 5) is 0.187. The molecule has 3 N–H and O–H groups in total. The van der Waals surface area contributed by atoms with Crippen LogP contribution < -0.4 is 5.73 Å². The molecular formula is C12H16N2O4S2. The molecule has 0 spiro atoms. The molecule has 1 fully saturated rings. The molecule has 0 aliphatic carbocycles. The van der Waals surface area contributed by atoms with Crippen LogP contribution in [0.25, 0.3) is 0 Å². The second-order valence-electron chi connectivity index (χ2n) is 4.36. The topological polar surface area (TPSA) is 102 Å². The first kappa shape index (κ1) is 15.1. The lowest BCUT2D eigenvalue weighted by molar-refractivity contribution is 0.0455. The number of thioether (sulfide) groups is 1. The second-order valence-corrected chi connectivity index (χ2v) is 7.88. The molecular weight excluding hydrogens is 300 g/mol. The Morgan fingerprint density at radius 2 is 2.25 bits per heavy atom. The molecule has 6 nitrogen and oxygen atoms in total. The molecule has 2 rings (SSSR count). The Hall–Kier alpha value is -1.25. The van der Waals surface area contributed by atoms with Crippen LogP contribution in [-0.2, 0) is 14.6 Å². The van der Waals surface area contributed by atoms with E-state index in [9.17, 15) is 8.42 Å².